The van der Waals surface area contributed by atoms with E-state index in [-0.39, 0.29) is 5.38 Å². The highest BCUT2D eigenvalue weighted by molar-refractivity contribution is 9.10. The SMILES string of the molecule is Cc1ccccc1C(Cl)Cc1ccc(Br)cc1. The van der Waals surface area contributed by atoms with Crippen molar-refractivity contribution in [1.29, 1.82) is 0 Å². The number of rotatable bonds is 3. The van der Waals surface area contributed by atoms with Gasteiger partial charge in [0.05, 0.1) is 5.38 Å². The molecule has 2 aromatic rings. The molecule has 0 fully saturated rings. The Hall–Kier alpha value is -0.790. The van der Waals surface area contributed by atoms with Crippen molar-refractivity contribution in [3.8, 4) is 0 Å². The Morgan fingerprint density at radius 3 is 2.35 bits per heavy atom. The maximum Gasteiger partial charge on any atom is 0.0628 e. The fourth-order valence-corrected chi connectivity index (χ4v) is 2.56. The molecule has 0 saturated heterocycles. The lowest BCUT2D eigenvalue weighted by molar-refractivity contribution is 0.910. The lowest BCUT2D eigenvalue weighted by Crippen LogP contribution is -1.98. The summed E-state index contributed by atoms with van der Waals surface area (Å²) in [5.74, 6) is 0. The van der Waals surface area contributed by atoms with Crippen molar-refractivity contribution in [2.75, 3.05) is 0 Å². The van der Waals surface area contributed by atoms with E-state index in [1.54, 1.807) is 0 Å². The fourth-order valence-electron chi connectivity index (χ4n) is 1.88. The molecule has 0 aromatic heterocycles. The molecule has 1 atom stereocenters. The van der Waals surface area contributed by atoms with Gasteiger partial charge >= 0.3 is 0 Å². The van der Waals surface area contributed by atoms with Crippen LogP contribution in [0.1, 0.15) is 22.1 Å². The monoisotopic (exact) mass is 308 g/mol. The maximum atomic E-state index is 6.47. The van der Waals surface area contributed by atoms with Gasteiger partial charge in [0.2, 0.25) is 0 Å². The van der Waals surface area contributed by atoms with E-state index in [4.69, 9.17) is 11.6 Å². The molecular weight excluding hydrogens is 296 g/mol. The predicted octanol–water partition coefficient (Wildman–Crippen LogP) is 5.28. The first-order valence-corrected chi connectivity index (χ1v) is 6.84. The van der Waals surface area contributed by atoms with E-state index >= 15 is 0 Å². The third-order valence-electron chi connectivity index (χ3n) is 2.85. The second-order valence-electron chi connectivity index (χ2n) is 4.15. The first-order chi connectivity index (χ1) is 8.16. The predicted molar refractivity (Wildman–Crippen MR) is 77.6 cm³/mol. The van der Waals surface area contributed by atoms with Gasteiger partial charge in [-0.1, -0.05) is 52.3 Å². The largest absolute Gasteiger partial charge is 0.117 e. The lowest BCUT2D eigenvalue weighted by Gasteiger charge is -2.12. The molecule has 0 N–H and O–H groups in total. The Labute approximate surface area is 116 Å². The molecule has 0 heterocycles. The van der Waals surface area contributed by atoms with Gasteiger partial charge in [0.25, 0.3) is 0 Å². The van der Waals surface area contributed by atoms with E-state index in [9.17, 15) is 0 Å². The third kappa shape index (κ3) is 3.34. The van der Waals surface area contributed by atoms with E-state index in [2.05, 4.69) is 59.3 Å². The van der Waals surface area contributed by atoms with Crippen LogP contribution in [0, 0.1) is 6.92 Å². The van der Waals surface area contributed by atoms with Crippen LogP contribution in [0.25, 0.3) is 0 Å². The molecule has 0 spiro atoms. The Morgan fingerprint density at radius 2 is 1.71 bits per heavy atom. The van der Waals surface area contributed by atoms with E-state index in [1.165, 1.54) is 16.7 Å². The first kappa shape index (κ1) is 12.7. The van der Waals surface area contributed by atoms with Crippen LogP contribution in [0.5, 0.6) is 0 Å². The van der Waals surface area contributed by atoms with Gasteiger partial charge in [0.15, 0.2) is 0 Å². The smallest absolute Gasteiger partial charge is 0.0628 e. The Morgan fingerprint density at radius 1 is 1.06 bits per heavy atom. The van der Waals surface area contributed by atoms with E-state index in [0.717, 1.165) is 10.9 Å². The summed E-state index contributed by atoms with van der Waals surface area (Å²) in [5.41, 5.74) is 3.73. The van der Waals surface area contributed by atoms with Crippen molar-refractivity contribution in [1.82, 2.24) is 0 Å². The molecule has 0 aliphatic rings. The number of halogens is 2. The summed E-state index contributed by atoms with van der Waals surface area (Å²) in [6, 6.07) is 16.6. The summed E-state index contributed by atoms with van der Waals surface area (Å²) in [6.45, 7) is 2.10. The number of hydrogen-bond acceptors (Lipinski definition) is 0. The molecule has 0 saturated carbocycles. The minimum absolute atomic E-state index is 0.0392. The van der Waals surface area contributed by atoms with Gasteiger partial charge < -0.3 is 0 Å². The van der Waals surface area contributed by atoms with Gasteiger partial charge in [-0.25, -0.2) is 0 Å². The van der Waals surface area contributed by atoms with Crippen LogP contribution in [0.2, 0.25) is 0 Å². The third-order valence-corrected chi connectivity index (χ3v) is 3.77. The van der Waals surface area contributed by atoms with Gasteiger partial charge in [-0.3, -0.25) is 0 Å². The minimum Gasteiger partial charge on any atom is -0.117 e. The van der Waals surface area contributed by atoms with E-state index in [1.807, 2.05) is 12.1 Å². The molecule has 17 heavy (non-hydrogen) atoms. The van der Waals surface area contributed by atoms with Crippen LogP contribution >= 0.6 is 27.5 Å². The molecule has 2 aromatic carbocycles. The molecule has 88 valence electrons. The van der Waals surface area contributed by atoms with E-state index < -0.39 is 0 Å². The zero-order chi connectivity index (χ0) is 12.3. The summed E-state index contributed by atoms with van der Waals surface area (Å²) in [7, 11) is 0. The molecular formula is C15H14BrCl. The second kappa shape index (κ2) is 5.70. The standard InChI is InChI=1S/C15H14BrCl/c1-11-4-2-3-5-14(11)15(17)10-12-6-8-13(16)9-7-12/h2-9,15H,10H2,1H3. The van der Waals surface area contributed by atoms with Crippen LogP contribution in [-0.4, -0.2) is 0 Å². The Bertz CT molecular complexity index is 491. The van der Waals surface area contributed by atoms with Crippen LogP contribution in [-0.2, 0) is 6.42 Å². The van der Waals surface area contributed by atoms with Crippen LogP contribution < -0.4 is 0 Å². The van der Waals surface area contributed by atoms with Gasteiger partial charge in [0.1, 0.15) is 0 Å². The summed E-state index contributed by atoms with van der Waals surface area (Å²) in [6.07, 6.45) is 0.861. The zero-order valence-electron chi connectivity index (χ0n) is 9.66. The summed E-state index contributed by atoms with van der Waals surface area (Å²) in [4.78, 5) is 0. The van der Waals surface area contributed by atoms with Crippen molar-refractivity contribution in [2.24, 2.45) is 0 Å². The Kier molecular flexibility index (Phi) is 4.25. The quantitative estimate of drug-likeness (QED) is 0.677. The number of aryl methyl sites for hydroxylation is 1. The highest BCUT2D eigenvalue weighted by Crippen LogP contribution is 2.27. The topological polar surface area (TPSA) is 0 Å². The zero-order valence-corrected chi connectivity index (χ0v) is 12.0. The molecule has 2 rings (SSSR count). The second-order valence-corrected chi connectivity index (χ2v) is 5.60. The van der Waals surface area contributed by atoms with E-state index in [0.29, 0.717) is 0 Å². The van der Waals surface area contributed by atoms with Gasteiger partial charge in [-0.05, 0) is 42.2 Å². The van der Waals surface area contributed by atoms with Gasteiger partial charge in [0, 0.05) is 4.47 Å². The van der Waals surface area contributed by atoms with Crippen LogP contribution in [0.3, 0.4) is 0 Å². The minimum atomic E-state index is 0.0392. The molecule has 0 amide bonds. The molecule has 1 unspecified atom stereocenters. The molecule has 0 nitrogen and oxygen atoms in total. The van der Waals surface area contributed by atoms with Crippen molar-refractivity contribution in [3.05, 3.63) is 69.7 Å². The van der Waals surface area contributed by atoms with Gasteiger partial charge in [-0.15, -0.1) is 11.6 Å². The molecule has 0 aliphatic carbocycles. The van der Waals surface area contributed by atoms with Crippen molar-refractivity contribution >= 4 is 27.5 Å². The summed E-state index contributed by atoms with van der Waals surface area (Å²) < 4.78 is 1.10. The normalized spacial score (nSPS) is 12.4. The number of hydrogen-bond donors (Lipinski definition) is 0. The Balaban J connectivity index is 2.14. The molecule has 0 bridgehead atoms. The molecule has 0 aliphatic heterocycles. The number of benzene rings is 2. The summed E-state index contributed by atoms with van der Waals surface area (Å²) >= 11 is 9.91. The average Bonchev–Trinajstić information content (AvgIpc) is 2.32. The van der Waals surface area contributed by atoms with Crippen LogP contribution in [0.15, 0.2) is 53.0 Å². The average molecular weight is 310 g/mol. The lowest BCUT2D eigenvalue weighted by atomic mass is 10.0. The van der Waals surface area contributed by atoms with Crippen molar-refractivity contribution in [2.45, 2.75) is 18.7 Å². The maximum absolute atomic E-state index is 6.47. The highest BCUT2D eigenvalue weighted by atomic mass is 79.9. The molecule has 0 radical (unpaired) electrons. The summed E-state index contributed by atoms with van der Waals surface area (Å²) in [5, 5.41) is 0.0392. The number of alkyl halides is 1. The highest BCUT2D eigenvalue weighted by Gasteiger charge is 2.10. The molecule has 2 heteroatoms. The van der Waals surface area contributed by atoms with Crippen molar-refractivity contribution < 1.29 is 0 Å². The fraction of sp³-hybridized carbons (Fsp3) is 0.200. The first-order valence-electron chi connectivity index (χ1n) is 5.61. The van der Waals surface area contributed by atoms with Crippen molar-refractivity contribution in [3.63, 3.8) is 0 Å². The van der Waals surface area contributed by atoms with Crippen LogP contribution in [0.4, 0.5) is 0 Å². The van der Waals surface area contributed by atoms with Gasteiger partial charge in [-0.2, -0.15) is 0 Å².